The Morgan fingerprint density at radius 1 is 0.517 bits per heavy atom. The highest BCUT2D eigenvalue weighted by molar-refractivity contribution is 6.17. The lowest BCUT2D eigenvalue weighted by molar-refractivity contribution is 0.104. The molecule has 0 bridgehead atoms. The van der Waals surface area contributed by atoms with E-state index in [-0.39, 0.29) is 29.5 Å². The van der Waals surface area contributed by atoms with Gasteiger partial charge in [-0.2, -0.15) is 0 Å². The minimum atomic E-state index is -0.356. The number of hydrogen-bond donors (Lipinski definition) is 3. The number of nitrogens with one attached hydrogen (secondary N) is 3. The average molecular weight is 764 g/mol. The molecule has 0 aliphatic heterocycles. The zero-order valence-electron chi connectivity index (χ0n) is 31.6. The summed E-state index contributed by atoms with van der Waals surface area (Å²) < 4.78 is 26.4. The predicted octanol–water partition coefficient (Wildman–Crippen LogP) is 11.6. The van der Waals surface area contributed by atoms with E-state index in [2.05, 4.69) is 59.2 Å². The van der Waals surface area contributed by atoms with E-state index in [0.29, 0.717) is 22.4 Å². The molecule has 6 aromatic carbocycles. The smallest absolute Gasteiger partial charge is 0.193 e. The number of aryl methyl sites for hydroxylation is 2. The molecule has 0 spiro atoms. The van der Waals surface area contributed by atoms with Crippen molar-refractivity contribution in [1.82, 2.24) is 9.97 Å². The second-order valence-electron chi connectivity index (χ2n) is 14.7. The van der Waals surface area contributed by atoms with Crippen LogP contribution < -0.4 is 10.6 Å². The van der Waals surface area contributed by atoms with Crippen LogP contribution in [0.1, 0.15) is 74.2 Å². The Morgan fingerprint density at radius 3 is 1.52 bits per heavy atom. The monoisotopic (exact) mass is 763 g/mol. The second kappa shape index (κ2) is 15.8. The molecule has 10 rings (SSSR count). The summed E-state index contributed by atoms with van der Waals surface area (Å²) in [6, 6.07) is 48.4. The summed E-state index contributed by atoms with van der Waals surface area (Å²) in [7, 11) is 0. The summed E-state index contributed by atoms with van der Waals surface area (Å²) in [5.41, 5.74) is 9.93. The zero-order valence-corrected chi connectivity index (χ0v) is 31.6. The third-order valence-electron chi connectivity index (χ3n) is 11.1. The van der Waals surface area contributed by atoms with Crippen molar-refractivity contribution in [3.8, 4) is 0 Å². The van der Waals surface area contributed by atoms with E-state index in [1.807, 2.05) is 54.6 Å². The number of halogens is 2. The molecule has 0 amide bonds. The van der Waals surface area contributed by atoms with Gasteiger partial charge in [0.25, 0.3) is 0 Å². The summed E-state index contributed by atoms with van der Waals surface area (Å²) >= 11 is 0. The molecular formula is C50H39F2N5O. The Balaban J connectivity index is 0.000000150. The molecule has 0 fully saturated rings. The fourth-order valence-electron chi connectivity index (χ4n) is 8.19. The van der Waals surface area contributed by atoms with Crippen molar-refractivity contribution in [1.29, 1.82) is 5.41 Å². The maximum Gasteiger partial charge on any atom is 0.193 e. The highest BCUT2D eigenvalue weighted by Crippen LogP contribution is 2.35. The van der Waals surface area contributed by atoms with Crippen molar-refractivity contribution >= 4 is 44.9 Å². The first kappa shape index (κ1) is 36.6. The quantitative estimate of drug-likeness (QED) is 0.106. The van der Waals surface area contributed by atoms with E-state index in [9.17, 15) is 13.6 Å². The van der Waals surface area contributed by atoms with E-state index in [1.165, 1.54) is 58.7 Å². The SMILES string of the molecule is N=C(c1ccc(F)cc1)c1cccc2nc(N[C@@H]3CCc4ccccc43)ccc12.O=C(c1ccc(F)cc1)c1cccc2nc(N[C@@H]3CCc4ccccc43)ccc12. The number of carbonyl (C=O) groups excluding carboxylic acids is 1. The number of carbonyl (C=O) groups is 1. The maximum atomic E-state index is 13.2. The van der Waals surface area contributed by atoms with Crippen molar-refractivity contribution in [2.75, 3.05) is 10.6 Å². The third-order valence-corrected chi connectivity index (χ3v) is 11.1. The summed E-state index contributed by atoms with van der Waals surface area (Å²) in [5, 5.41) is 17.4. The molecule has 8 aromatic rings. The number of fused-ring (bicyclic) bond motifs is 4. The Bertz CT molecular complexity index is 2630. The van der Waals surface area contributed by atoms with Crippen LogP contribution in [-0.4, -0.2) is 21.5 Å². The molecule has 2 aliphatic rings. The Hall–Kier alpha value is -7.06. The minimum Gasteiger partial charge on any atom is -0.363 e. The van der Waals surface area contributed by atoms with Gasteiger partial charge in [0.05, 0.1) is 28.8 Å². The first-order valence-electron chi connectivity index (χ1n) is 19.5. The van der Waals surface area contributed by atoms with Crippen LogP contribution in [0.15, 0.2) is 158 Å². The number of benzene rings is 6. The van der Waals surface area contributed by atoms with Crippen LogP contribution in [0, 0.1) is 17.0 Å². The van der Waals surface area contributed by atoms with E-state index >= 15 is 0 Å². The summed E-state index contributed by atoms with van der Waals surface area (Å²) in [4.78, 5) is 22.4. The fraction of sp³-hybridized carbons (Fsp3) is 0.120. The van der Waals surface area contributed by atoms with E-state index in [1.54, 1.807) is 18.2 Å². The van der Waals surface area contributed by atoms with Gasteiger partial charge in [-0.15, -0.1) is 0 Å². The van der Waals surface area contributed by atoms with E-state index in [4.69, 9.17) is 15.4 Å². The topological polar surface area (TPSA) is 90.8 Å². The van der Waals surface area contributed by atoms with Crippen LogP contribution in [-0.2, 0) is 12.8 Å². The summed E-state index contributed by atoms with van der Waals surface area (Å²) in [6.45, 7) is 0. The van der Waals surface area contributed by atoms with Crippen molar-refractivity contribution in [2.24, 2.45) is 0 Å². The number of hydrogen-bond acceptors (Lipinski definition) is 6. The molecule has 2 aromatic heterocycles. The molecule has 8 heteroatoms. The molecule has 3 N–H and O–H groups in total. The zero-order chi connectivity index (χ0) is 39.6. The number of rotatable bonds is 8. The van der Waals surface area contributed by atoms with E-state index < -0.39 is 0 Å². The van der Waals surface area contributed by atoms with Gasteiger partial charge in [0.2, 0.25) is 0 Å². The lowest BCUT2D eigenvalue weighted by Crippen LogP contribution is -2.09. The van der Waals surface area contributed by atoms with Crippen molar-refractivity contribution in [2.45, 2.75) is 37.8 Å². The number of anilines is 2. The molecule has 6 nitrogen and oxygen atoms in total. The average Bonchev–Trinajstić information content (AvgIpc) is 3.87. The van der Waals surface area contributed by atoms with Crippen LogP contribution in [0.25, 0.3) is 21.8 Å². The molecule has 2 atom stereocenters. The Kier molecular flexibility index (Phi) is 9.98. The number of nitrogens with zero attached hydrogens (tertiary/aromatic N) is 2. The lowest BCUT2D eigenvalue weighted by atomic mass is 9.98. The first-order valence-corrected chi connectivity index (χ1v) is 19.5. The van der Waals surface area contributed by atoms with Crippen molar-refractivity contribution < 1.29 is 13.6 Å². The van der Waals surface area contributed by atoms with Crippen LogP contribution in [0.2, 0.25) is 0 Å². The summed E-state index contributed by atoms with van der Waals surface area (Å²) in [5.74, 6) is 0.841. The van der Waals surface area contributed by atoms with Crippen LogP contribution in [0.5, 0.6) is 0 Å². The molecule has 0 radical (unpaired) electrons. The fourth-order valence-corrected chi connectivity index (χ4v) is 8.19. The van der Waals surface area contributed by atoms with Crippen molar-refractivity contribution in [3.05, 3.63) is 214 Å². The Labute approximate surface area is 335 Å². The molecule has 58 heavy (non-hydrogen) atoms. The lowest BCUT2D eigenvalue weighted by Gasteiger charge is -2.16. The molecule has 2 aliphatic carbocycles. The molecule has 0 unspecified atom stereocenters. The van der Waals surface area contributed by atoms with Gasteiger partial charge >= 0.3 is 0 Å². The van der Waals surface area contributed by atoms with Gasteiger partial charge in [0, 0.05) is 33.0 Å². The third kappa shape index (κ3) is 7.44. The van der Waals surface area contributed by atoms with Gasteiger partial charge in [-0.1, -0.05) is 72.8 Å². The minimum absolute atomic E-state index is 0.136. The predicted molar refractivity (Wildman–Crippen MR) is 228 cm³/mol. The van der Waals surface area contributed by atoms with Gasteiger partial charge in [-0.3, -0.25) is 10.2 Å². The van der Waals surface area contributed by atoms with Crippen LogP contribution in [0.4, 0.5) is 20.4 Å². The van der Waals surface area contributed by atoms with Gasteiger partial charge in [-0.25, -0.2) is 18.7 Å². The van der Waals surface area contributed by atoms with Gasteiger partial charge in [0.1, 0.15) is 23.3 Å². The summed E-state index contributed by atoms with van der Waals surface area (Å²) in [6.07, 6.45) is 4.26. The van der Waals surface area contributed by atoms with Crippen LogP contribution in [0.3, 0.4) is 0 Å². The van der Waals surface area contributed by atoms with Gasteiger partial charge < -0.3 is 10.6 Å². The second-order valence-corrected chi connectivity index (χ2v) is 14.7. The number of aromatic nitrogens is 2. The highest BCUT2D eigenvalue weighted by atomic mass is 19.1. The molecule has 0 saturated heterocycles. The molecule has 0 saturated carbocycles. The maximum absolute atomic E-state index is 13.2. The number of pyridine rings is 2. The largest absolute Gasteiger partial charge is 0.363 e. The molecular weight excluding hydrogens is 725 g/mol. The standard InChI is InChI=1S/C25H20FN3.C25H19FN2O/c26-18-11-8-17(9-12-18)25(27)21-6-3-7-22-20(21)13-15-24(28-22)29-23-14-10-16-4-1-2-5-19(16)23;26-18-11-8-17(9-12-18)25(29)21-6-3-7-22-20(21)13-15-24(27-22)28-23-14-10-16-4-1-2-5-19(16)23/h1-9,11-13,15,23,27H,10,14H2,(H,28,29);1-9,11-13,15,23H,10,14H2,(H,27,28)/t2*23-/m11/s1. The molecule has 284 valence electrons. The van der Waals surface area contributed by atoms with Gasteiger partial charge in [0.15, 0.2) is 5.78 Å². The highest BCUT2D eigenvalue weighted by Gasteiger charge is 2.24. The molecule has 2 heterocycles. The van der Waals surface area contributed by atoms with Gasteiger partial charge in [-0.05, 0) is 133 Å². The van der Waals surface area contributed by atoms with Crippen molar-refractivity contribution in [3.63, 3.8) is 0 Å². The van der Waals surface area contributed by atoms with E-state index in [0.717, 1.165) is 64.7 Å². The Morgan fingerprint density at radius 2 is 0.983 bits per heavy atom. The van der Waals surface area contributed by atoms with Crippen LogP contribution >= 0.6 is 0 Å². The number of ketones is 1. The first-order chi connectivity index (χ1) is 28.4. The normalized spacial score (nSPS) is 15.3.